The number of para-hydroxylation sites is 1. The Kier molecular flexibility index (Phi) is 2.36. The van der Waals surface area contributed by atoms with Crippen molar-refractivity contribution in [3.8, 4) is 11.5 Å². The van der Waals surface area contributed by atoms with E-state index < -0.39 is 15.7 Å². The summed E-state index contributed by atoms with van der Waals surface area (Å²) in [5, 5.41) is 0. The number of nitrogens with two attached hydrogens (primary N) is 1. The summed E-state index contributed by atoms with van der Waals surface area (Å²) in [7, 11) is -3.69. The summed E-state index contributed by atoms with van der Waals surface area (Å²) in [6, 6.07) is 10.5. The number of ether oxygens (including phenoxy) is 1. The maximum Gasteiger partial charge on any atom is 0.248 e. The number of benzene rings is 2. The van der Waals surface area contributed by atoms with E-state index in [2.05, 4.69) is 0 Å². The van der Waals surface area contributed by atoms with Gasteiger partial charge in [0.2, 0.25) is 15.7 Å². The quantitative estimate of drug-likeness (QED) is 0.732. The SMILES string of the molecule is NC(=O)c1ccc2c(c1)S(=O)(=O)c1ccccc1O2. The van der Waals surface area contributed by atoms with Crippen molar-refractivity contribution in [3.05, 3.63) is 48.0 Å². The van der Waals surface area contributed by atoms with E-state index in [0.717, 1.165) is 0 Å². The Morgan fingerprint density at radius 2 is 1.68 bits per heavy atom. The van der Waals surface area contributed by atoms with Crippen LogP contribution in [0.15, 0.2) is 52.3 Å². The molecule has 0 unspecified atom stereocenters. The molecule has 5 nitrogen and oxygen atoms in total. The predicted octanol–water partition coefficient (Wildman–Crippen LogP) is 1.72. The summed E-state index contributed by atoms with van der Waals surface area (Å²) >= 11 is 0. The first-order valence-electron chi connectivity index (χ1n) is 5.46. The third-order valence-electron chi connectivity index (χ3n) is 2.88. The van der Waals surface area contributed by atoms with E-state index in [0.29, 0.717) is 0 Å². The molecule has 0 radical (unpaired) electrons. The Labute approximate surface area is 109 Å². The molecule has 0 aliphatic carbocycles. The molecule has 0 saturated carbocycles. The van der Waals surface area contributed by atoms with Crippen LogP contribution < -0.4 is 10.5 Å². The van der Waals surface area contributed by atoms with Crippen molar-refractivity contribution < 1.29 is 17.9 Å². The fourth-order valence-electron chi connectivity index (χ4n) is 1.95. The van der Waals surface area contributed by atoms with Crippen LogP contribution in [-0.4, -0.2) is 14.3 Å². The Morgan fingerprint density at radius 3 is 2.42 bits per heavy atom. The van der Waals surface area contributed by atoms with Gasteiger partial charge in [0, 0.05) is 5.56 Å². The van der Waals surface area contributed by atoms with Gasteiger partial charge in [0.15, 0.2) is 0 Å². The van der Waals surface area contributed by atoms with Gasteiger partial charge in [-0.25, -0.2) is 8.42 Å². The van der Waals surface area contributed by atoms with Gasteiger partial charge in [-0.2, -0.15) is 0 Å². The van der Waals surface area contributed by atoms with Gasteiger partial charge in [-0.1, -0.05) is 12.1 Å². The molecule has 0 atom stereocenters. The highest BCUT2D eigenvalue weighted by atomic mass is 32.2. The summed E-state index contributed by atoms with van der Waals surface area (Å²) in [5.74, 6) is -0.206. The first-order valence-corrected chi connectivity index (χ1v) is 6.94. The largest absolute Gasteiger partial charge is 0.455 e. The number of hydrogen-bond acceptors (Lipinski definition) is 4. The van der Waals surface area contributed by atoms with Crippen LogP contribution in [0.3, 0.4) is 0 Å². The van der Waals surface area contributed by atoms with E-state index in [4.69, 9.17) is 10.5 Å². The number of primary amides is 1. The zero-order valence-electron chi connectivity index (χ0n) is 9.66. The van der Waals surface area contributed by atoms with Gasteiger partial charge in [0.05, 0.1) is 0 Å². The molecule has 0 aromatic heterocycles. The molecule has 0 spiro atoms. The van der Waals surface area contributed by atoms with Crippen molar-refractivity contribution >= 4 is 15.7 Å². The molecule has 19 heavy (non-hydrogen) atoms. The van der Waals surface area contributed by atoms with E-state index in [-0.39, 0.29) is 26.9 Å². The first-order chi connectivity index (χ1) is 9.00. The van der Waals surface area contributed by atoms with Crippen LogP contribution >= 0.6 is 0 Å². The smallest absolute Gasteiger partial charge is 0.248 e. The number of carbonyl (C=O) groups is 1. The normalized spacial score (nSPS) is 14.9. The molecule has 1 amide bonds. The number of carbonyl (C=O) groups excluding carboxylic acids is 1. The fraction of sp³-hybridized carbons (Fsp3) is 0. The summed E-state index contributed by atoms with van der Waals surface area (Å²) in [5.41, 5.74) is 5.29. The molecule has 0 bridgehead atoms. The molecular formula is C13H9NO4S. The Bertz CT molecular complexity index is 796. The third-order valence-corrected chi connectivity index (χ3v) is 4.69. The van der Waals surface area contributed by atoms with Crippen LogP contribution in [0.5, 0.6) is 11.5 Å². The lowest BCUT2D eigenvalue weighted by molar-refractivity contribution is 0.1000. The molecule has 2 aromatic rings. The van der Waals surface area contributed by atoms with Crippen molar-refractivity contribution in [3.63, 3.8) is 0 Å². The monoisotopic (exact) mass is 275 g/mol. The van der Waals surface area contributed by atoms with Crippen LogP contribution in [0, 0.1) is 0 Å². The second-order valence-electron chi connectivity index (χ2n) is 4.08. The molecule has 2 N–H and O–H groups in total. The maximum atomic E-state index is 12.4. The second-order valence-corrected chi connectivity index (χ2v) is 5.96. The Morgan fingerprint density at radius 1 is 1.00 bits per heavy atom. The number of rotatable bonds is 1. The van der Waals surface area contributed by atoms with Gasteiger partial charge >= 0.3 is 0 Å². The Balaban J connectivity index is 2.29. The van der Waals surface area contributed by atoms with Gasteiger partial charge in [-0.3, -0.25) is 4.79 Å². The molecule has 2 aromatic carbocycles. The van der Waals surface area contributed by atoms with Crippen molar-refractivity contribution in [2.45, 2.75) is 9.79 Å². The molecular weight excluding hydrogens is 266 g/mol. The van der Waals surface area contributed by atoms with Crippen LogP contribution in [0.2, 0.25) is 0 Å². The minimum Gasteiger partial charge on any atom is -0.455 e. The number of hydrogen-bond donors (Lipinski definition) is 1. The second kappa shape index (κ2) is 3.83. The van der Waals surface area contributed by atoms with E-state index >= 15 is 0 Å². The van der Waals surface area contributed by atoms with Gasteiger partial charge in [-0.05, 0) is 30.3 Å². The van der Waals surface area contributed by atoms with Crippen molar-refractivity contribution in [2.75, 3.05) is 0 Å². The first kappa shape index (κ1) is 11.7. The fourth-order valence-corrected chi connectivity index (χ4v) is 3.47. The zero-order valence-corrected chi connectivity index (χ0v) is 10.5. The standard InChI is InChI=1S/C13H9NO4S/c14-13(15)8-5-6-10-12(7-8)19(16,17)11-4-2-1-3-9(11)18-10/h1-7H,(H2,14,15). The molecule has 0 fully saturated rings. The van der Waals surface area contributed by atoms with Gasteiger partial charge in [0.25, 0.3) is 0 Å². The van der Waals surface area contributed by atoms with Crippen LogP contribution in [-0.2, 0) is 9.84 Å². The maximum absolute atomic E-state index is 12.4. The minimum absolute atomic E-state index is 0.0394. The van der Waals surface area contributed by atoms with Crippen LogP contribution in [0.25, 0.3) is 0 Å². The van der Waals surface area contributed by atoms with E-state index in [1.54, 1.807) is 18.2 Å². The average molecular weight is 275 g/mol. The highest BCUT2D eigenvalue weighted by Crippen LogP contribution is 2.42. The van der Waals surface area contributed by atoms with Crippen molar-refractivity contribution in [1.29, 1.82) is 0 Å². The van der Waals surface area contributed by atoms with Crippen molar-refractivity contribution in [2.24, 2.45) is 5.73 Å². The highest BCUT2D eigenvalue weighted by molar-refractivity contribution is 7.91. The zero-order chi connectivity index (χ0) is 13.6. The average Bonchev–Trinajstić information content (AvgIpc) is 2.38. The number of fused-ring (bicyclic) bond motifs is 2. The van der Waals surface area contributed by atoms with Gasteiger partial charge in [-0.15, -0.1) is 0 Å². The lowest BCUT2D eigenvalue weighted by Gasteiger charge is -2.20. The summed E-state index contributed by atoms with van der Waals surface area (Å²) in [6.45, 7) is 0. The molecule has 1 aliphatic rings. The highest BCUT2D eigenvalue weighted by Gasteiger charge is 2.31. The number of sulfone groups is 1. The molecule has 3 rings (SSSR count). The van der Waals surface area contributed by atoms with Crippen LogP contribution in [0.4, 0.5) is 0 Å². The molecule has 1 heterocycles. The Hall–Kier alpha value is -2.34. The topological polar surface area (TPSA) is 86.5 Å². The summed E-state index contributed by atoms with van der Waals surface area (Å²) < 4.78 is 30.4. The molecule has 1 aliphatic heterocycles. The van der Waals surface area contributed by atoms with E-state index in [9.17, 15) is 13.2 Å². The van der Waals surface area contributed by atoms with Gasteiger partial charge < -0.3 is 10.5 Å². The lowest BCUT2D eigenvalue weighted by atomic mass is 10.2. The number of amides is 1. The van der Waals surface area contributed by atoms with E-state index in [1.165, 1.54) is 24.3 Å². The van der Waals surface area contributed by atoms with Crippen molar-refractivity contribution in [1.82, 2.24) is 0 Å². The van der Waals surface area contributed by atoms with Gasteiger partial charge in [0.1, 0.15) is 21.3 Å². The summed E-state index contributed by atoms with van der Waals surface area (Å²) in [4.78, 5) is 11.2. The molecule has 96 valence electrons. The van der Waals surface area contributed by atoms with E-state index in [1.807, 2.05) is 0 Å². The predicted molar refractivity (Wildman–Crippen MR) is 66.9 cm³/mol. The molecule has 6 heteroatoms. The molecule has 0 saturated heterocycles. The minimum atomic E-state index is -3.69. The summed E-state index contributed by atoms with van der Waals surface area (Å²) in [6.07, 6.45) is 0. The lowest BCUT2D eigenvalue weighted by Crippen LogP contribution is -2.15. The third kappa shape index (κ3) is 1.68. The van der Waals surface area contributed by atoms with Crippen LogP contribution in [0.1, 0.15) is 10.4 Å².